The minimum Gasteiger partial charge on any atom is -0.457 e. The van der Waals surface area contributed by atoms with Crippen molar-refractivity contribution in [3.8, 4) is 23.0 Å². The molecule has 0 aliphatic carbocycles. The van der Waals surface area contributed by atoms with Crippen molar-refractivity contribution in [1.82, 2.24) is 0 Å². The molecule has 0 aliphatic heterocycles. The van der Waals surface area contributed by atoms with Gasteiger partial charge < -0.3 is 9.47 Å². The van der Waals surface area contributed by atoms with Crippen molar-refractivity contribution in [2.45, 2.75) is 17.8 Å². The number of alkyl halides is 6. The summed E-state index contributed by atoms with van der Waals surface area (Å²) in [7, 11) is 0. The molecule has 0 amide bonds. The normalized spacial score (nSPS) is 12.3. The molecule has 0 heterocycles. The number of para-hydroxylation sites is 4. The fraction of sp³-hybridized carbons (Fsp3) is 0.111. The SMILES string of the molecule is FC(F)(F)C(F)(F)C(F)(c1ccccc1Oc1ccccc1)c1ccccc1Oc1ccccc1. The Labute approximate surface area is 197 Å². The second-order valence-electron chi connectivity index (χ2n) is 7.55. The maximum atomic E-state index is 16.8. The standard InChI is InChI=1S/C27H18F6O2/c28-25(26(29,30)27(31,32)33,21-15-7-9-17-23(21)34-19-11-3-1-4-12-19)22-16-8-10-18-24(22)35-20-13-5-2-6-14-20/h1-18H. The van der Waals surface area contributed by atoms with Gasteiger partial charge in [0, 0.05) is 11.1 Å². The third-order valence-electron chi connectivity index (χ3n) is 5.25. The molecule has 0 unspecified atom stereocenters. The number of halogens is 6. The van der Waals surface area contributed by atoms with Crippen LogP contribution in [0.4, 0.5) is 26.3 Å². The van der Waals surface area contributed by atoms with E-state index in [1.54, 1.807) is 36.4 Å². The molecule has 35 heavy (non-hydrogen) atoms. The third kappa shape index (κ3) is 4.56. The van der Waals surface area contributed by atoms with Crippen LogP contribution in [0.2, 0.25) is 0 Å². The topological polar surface area (TPSA) is 18.5 Å². The van der Waals surface area contributed by atoms with Crippen LogP contribution in [0.3, 0.4) is 0 Å². The fourth-order valence-electron chi connectivity index (χ4n) is 3.59. The Hall–Kier alpha value is -3.94. The monoisotopic (exact) mass is 488 g/mol. The molecule has 2 nitrogen and oxygen atoms in total. The van der Waals surface area contributed by atoms with Crippen LogP contribution in [0.15, 0.2) is 109 Å². The van der Waals surface area contributed by atoms with Gasteiger partial charge in [-0.05, 0) is 36.4 Å². The van der Waals surface area contributed by atoms with Gasteiger partial charge >= 0.3 is 12.1 Å². The zero-order valence-corrected chi connectivity index (χ0v) is 18.0. The molecule has 0 saturated carbocycles. The van der Waals surface area contributed by atoms with E-state index in [2.05, 4.69) is 0 Å². The quantitative estimate of drug-likeness (QED) is 0.242. The minimum absolute atomic E-state index is 0.131. The highest BCUT2D eigenvalue weighted by Crippen LogP contribution is 2.58. The van der Waals surface area contributed by atoms with E-state index in [-0.39, 0.29) is 11.5 Å². The van der Waals surface area contributed by atoms with Crippen molar-refractivity contribution >= 4 is 0 Å². The second kappa shape index (κ2) is 9.37. The molecule has 8 heteroatoms. The average molecular weight is 488 g/mol. The first-order chi connectivity index (χ1) is 16.6. The molecule has 4 rings (SSSR count). The second-order valence-corrected chi connectivity index (χ2v) is 7.55. The molecule has 0 bridgehead atoms. The van der Waals surface area contributed by atoms with Crippen LogP contribution in [0.1, 0.15) is 11.1 Å². The Kier molecular flexibility index (Phi) is 6.47. The highest BCUT2D eigenvalue weighted by molar-refractivity contribution is 5.54. The summed E-state index contributed by atoms with van der Waals surface area (Å²) in [6, 6.07) is 24.4. The Morgan fingerprint density at radius 2 is 0.771 bits per heavy atom. The van der Waals surface area contributed by atoms with Crippen LogP contribution in [0, 0.1) is 0 Å². The Bertz CT molecular complexity index is 1190. The molecule has 0 spiro atoms. The van der Waals surface area contributed by atoms with Crippen molar-refractivity contribution in [3.63, 3.8) is 0 Å². The average Bonchev–Trinajstić information content (AvgIpc) is 2.85. The highest BCUT2D eigenvalue weighted by atomic mass is 19.4. The Balaban J connectivity index is 1.95. The number of hydrogen-bond acceptors (Lipinski definition) is 2. The number of ether oxygens (including phenoxy) is 2. The first kappa shape index (κ1) is 24.2. The van der Waals surface area contributed by atoms with Gasteiger partial charge in [-0.2, -0.15) is 22.0 Å². The van der Waals surface area contributed by atoms with E-state index >= 15 is 13.2 Å². The Morgan fingerprint density at radius 3 is 1.14 bits per heavy atom. The third-order valence-corrected chi connectivity index (χ3v) is 5.25. The summed E-state index contributed by atoms with van der Waals surface area (Å²) in [6.07, 6.45) is -6.23. The molecular weight excluding hydrogens is 470 g/mol. The lowest BCUT2D eigenvalue weighted by Gasteiger charge is -2.36. The van der Waals surface area contributed by atoms with Crippen molar-refractivity contribution in [3.05, 3.63) is 120 Å². The van der Waals surface area contributed by atoms with Crippen molar-refractivity contribution in [2.75, 3.05) is 0 Å². The lowest BCUT2D eigenvalue weighted by atomic mass is 9.81. The molecule has 180 valence electrons. The van der Waals surface area contributed by atoms with Gasteiger partial charge in [0.25, 0.3) is 0 Å². The van der Waals surface area contributed by atoms with E-state index < -0.39 is 40.4 Å². The summed E-state index contributed by atoms with van der Waals surface area (Å²) >= 11 is 0. The number of rotatable bonds is 7. The molecule has 0 fully saturated rings. The molecule has 0 saturated heterocycles. The molecule has 4 aromatic rings. The summed E-state index contributed by atoms with van der Waals surface area (Å²) in [4.78, 5) is 0. The van der Waals surface area contributed by atoms with Gasteiger partial charge in [-0.1, -0.05) is 72.8 Å². The molecule has 0 aliphatic rings. The van der Waals surface area contributed by atoms with Gasteiger partial charge in [0.15, 0.2) is 0 Å². The zero-order valence-electron chi connectivity index (χ0n) is 18.0. The number of benzene rings is 4. The van der Waals surface area contributed by atoms with Crippen molar-refractivity contribution in [2.24, 2.45) is 0 Å². The maximum Gasteiger partial charge on any atom is 0.457 e. The van der Waals surface area contributed by atoms with Crippen molar-refractivity contribution < 1.29 is 35.8 Å². The minimum atomic E-state index is -6.23. The van der Waals surface area contributed by atoms with E-state index in [1.807, 2.05) is 0 Å². The predicted molar refractivity (Wildman–Crippen MR) is 119 cm³/mol. The van der Waals surface area contributed by atoms with Gasteiger partial charge in [-0.3, -0.25) is 0 Å². The van der Waals surface area contributed by atoms with Crippen LogP contribution >= 0.6 is 0 Å². The van der Waals surface area contributed by atoms with Gasteiger partial charge in [0.1, 0.15) is 23.0 Å². The summed E-state index contributed by atoms with van der Waals surface area (Å²) < 4.78 is 99.5. The maximum absolute atomic E-state index is 16.8. The fourth-order valence-corrected chi connectivity index (χ4v) is 3.59. The Morgan fingerprint density at radius 1 is 0.429 bits per heavy atom. The molecule has 4 aromatic carbocycles. The largest absolute Gasteiger partial charge is 0.457 e. The van der Waals surface area contributed by atoms with Crippen molar-refractivity contribution in [1.29, 1.82) is 0 Å². The van der Waals surface area contributed by atoms with Crippen LogP contribution < -0.4 is 9.47 Å². The van der Waals surface area contributed by atoms with E-state index in [9.17, 15) is 13.2 Å². The van der Waals surface area contributed by atoms with E-state index in [0.717, 1.165) is 36.4 Å². The molecule has 0 N–H and O–H groups in total. The molecule has 0 aromatic heterocycles. The molecule has 0 radical (unpaired) electrons. The summed E-state index contributed by atoms with van der Waals surface area (Å²) in [5.74, 6) is -6.59. The summed E-state index contributed by atoms with van der Waals surface area (Å²) in [5.41, 5.74) is -6.41. The van der Waals surface area contributed by atoms with E-state index in [4.69, 9.17) is 9.47 Å². The van der Waals surface area contributed by atoms with Gasteiger partial charge in [0.2, 0.25) is 5.67 Å². The van der Waals surface area contributed by atoms with Crippen LogP contribution in [-0.2, 0) is 5.67 Å². The zero-order chi connectivity index (χ0) is 25.1. The van der Waals surface area contributed by atoms with E-state index in [0.29, 0.717) is 0 Å². The van der Waals surface area contributed by atoms with Gasteiger partial charge in [-0.15, -0.1) is 0 Å². The van der Waals surface area contributed by atoms with Gasteiger partial charge in [-0.25, -0.2) is 4.39 Å². The highest BCUT2D eigenvalue weighted by Gasteiger charge is 2.74. The molecular formula is C27H18F6O2. The van der Waals surface area contributed by atoms with E-state index in [1.165, 1.54) is 36.4 Å². The van der Waals surface area contributed by atoms with Crippen LogP contribution in [0.25, 0.3) is 0 Å². The first-order valence-corrected chi connectivity index (χ1v) is 10.4. The lowest BCUT2D eigenvalue weighted by molar-refractivity contribution is -0.323. The summed E-state index contributed by atoms with van der Waals surface area (Å²) in [5, 5.41) is 0. The van der Waals surface area contributed by atoms with Crippen LogP contribution in [0.5, 0.6) is 23.0 Å². The van der Waals surface area contributed by atoms with Gasteiger partial charge in [0.05, 0.1) is 0 Å². The predicted octanol–water partition coefficient (Wildman–Crippen LogP) is 8.68. The first-order valence-electron chi connectivity index (χ1n) is 10.4. The lowest BCUT2D eigenvalue weighted by Crippen LogP contribution is -2.53. The summed E-state index contributed by atoms with van der Waals surface area (Å²) in [6.45, 7) is 0. The van der Waals surface area contributed by atoms with Crippen LogP contribution in [-0.4, -0.2) is 12.1 Å². The smallest absolute Gasteiger partial charge is 0.457 e. The number of hydrogen-bond donors (Lipinski definition) is 0. The molecule has 0 atom stereocenters.